The van der Waals surface area contributed by atoms with Crippen molar-refractivity contribution in [3.63, 3.8) is 0 Å². The van der Waals surface area contributed by atoms with Crippen LogP contribution >= 0.6 is 0 Å². The van der Waals surface area contributed by atoms with Gasteiger partial charge in [-0.15, -0.1) is 0 Å². The number of hydrogen-bond donors (Lipinski definition) is 2. The average Bonchev–Trinajstić information content (AvgIpc) is 2.45. The van der Waals surface area contributed by atoms with Gasteiger partial charge in [0.15, 0.2) is 0 Å². The van der Waals surface area contributed by atoms with Gasteiger partial charge in [-0.2, -0.15) is 0 Å². The van der Waals surface area contributed by atoms with Crippen LogP contribution in [-0.4, -0.2) is 12.5 Å². The topological polar surface area (TPSA) is 55.1 Å². The van der Waals surface area contributed by atoms with Crippen molar-refractivity contribution in [1.29, 1.82) is 0 Å². The Hall–Kier alpha value is -2.55. The minimum absolute atomic E-state index is 0.410. The number of amides is 1. The Labute approximate surface area is 112 Å². The summed E-state index contributed by atoms with van der Waals surface area (Å²) in [6, 6.07) is 19.4. The number of carbonyl (C=O) groups is 1. The van der Waals surface area contributed by atoms with E-state index in [9.17, 15) is 4.79 Å². The molecule has 2 rings (SSSR count). The Balaban J connectivity index is 2.09. The maximum absolute atomic E-state index is 11.4. The fourth-order valence-corrected chi connectivity index (χ4v) is 1.71. The lowest BCUT2D eigenvalue weighted by Crippen LogP contribution is -2.20. The van der Waals surface area contributed by atoms with E-state index in [1.54, 1.807) is 6.08 Å². The van der Waals surface area contributed by atoms with Gasteiger partial charge in [-0.1, -0.05) is 48.5 Å². The summed E-state index contributed by atoms with van der Waals surface area (Å²) in [6.07, 6.45) is 1.80. The molecule has 3 N–H and O–H groups in total. The van der Waals surface area contributed by atoms with E-state index >= 15 is 0 Å². The summed E-state index contributed by atoms with van der Waals surface area (Å²) in [6.45, 7) is 0.411. The molecule has 3 nitrogen and oxygen atoms in total. The summed E-state index contributed by atoms with van der Waals surface area (Å²) in [7, 11) is 0. The molecule has 2 aromatic rings. The zero-order valence-electron chi connectivity index (χ0n) is 10.5. The highest BCUT2D eigenvalue weighted by Gasteiger charge is 2.04. The molecular weight excluding hydrogens is 236 g/mol. The molecule has 2 aromatic carbocycles. The zero-order chi connectivity index (χ0) is 13.5. The Bertz CT molecular complexity index is 562. The van der Waals surface area contributed by atoms with Gasteiger partial charge in [0, 0.05) is 17.8 Å². The number of primary amides is 1. The van der Waals surface area contributed by atoms with Gasteiger partial charge in [-0.25, -0.2) is 0 Å². The van der Waals surface area contributed by atoms with Crippen molar-refractivity contribution < 1.29 is 4.79 Å². The second-order valence-electron chi connectivity index (χ2n) is 4.16. The van der Waals surface area contributed by atoms with Crippen LogP contribution in [0, 0.1) is 0 Å². The summed E-state index contributed by atoms with van der Waals surface area (Å²) in [5, 5.41) is 3.18. The maximum atomic E-state index is 11.4. The van der Waals surface area contributed by atoms with E-state index < -0.39 is 5.91 Å². The fraction of sp³-hybridized carbons (Fsp3) is 0.0625. The van der Waals surface area contributed by atoms with E-state index in [4.69, 9.17) is 5.73 Å². The summed E-state index contributed by atoms with van der Waals surface area (Å²) < 4.78 is 0. The highest BCUT2D eigenvalue weighted by atomic mass is 16.1. The van der Waals surface area contributed by atoms with Gasteiger partial charge in [0.2, 0.25) is 5.91 Å². The lowest BCUT2D eigenvalue weighted by atomic mass is 10.1. The Morgan fingerprint density at radius 1 is 1.00 bits per heavy atom. The van der Waals surface area contributed by atoms with Gasteiger partial charge >= 0.3 is 0 Å². The van der Waals surface area contributed by atoms with Crippen LogP contribution in [0.1, 0.15) is 5.56 Å². The van der Waals surface area contributed by atoms with Crippen molar-refractivity contribution in [2.75, 3.05) is 11.9 Å². The SMILES string of the molecule is NC(=O)C(=Cc1ccccc1)CNc1ccccc1. The third-order valence-corrected chi connectivity index (χ3v) is 2.71. The molecule has 0 unspecified atom stereocenters. The van der Waals surface area contributed by atoms with Crippen LogP contribution in [0.25, 0.3) is 6.08 Å². The van der Waals surface area contributed by atoms with Crippen LogP contribution in [0.2, 0.25) is 0 Å². The van der Waals surface area contributed by atoms with E-state index in [2.05, 4.69) is 5.32 Å². The zero-order valence-corrected chi connectivity index (χ0v) is 10.5. The number of hydrogen-bond acceptors (Lipinski definition) is 2. The minimum Gasteiger partial charge on any atom is -0.381 e. The Kier molecular flexibility index (Phi) is 4.34. The van der Waals surface area contributed by atoms with E-state index in [1.165, 1.54) is 0 Å². The average molecular weight is 252 g/mol. The van der Waals surface area contributed by atoms with Crippen LogP contribution in [-0.2, 0) is 4.79 Å². The van der Waals surface area contributed by atoms with Gasteiger partial charge in [0.05, 0.1) is 0 Å². The van der Waals surface area contributed by atoms with Crippen molar-refractivity contribution in [3.05, 3.63) is 71.8 Å². The molecule has 96 valence electrons. The lowest BCUT2D eigenvalue weighted by Gasteiger charge is -2.07. The van der Waals surface area contributed by atoms with E-state index in [0.29, 0.717) is 12.1 Å². The first-order valence-electron chi connectivity index (χ1n) is 6.10. The predicted octanol–water partition coefficient (Wildman–Crippen LogP) is 2.67. The normalized spacial score (nSPS) is 11.1. The molecule has 0 saturated carbocycles. The van der Waals surface area contributed by atoms with E-state index in [1.807, 2.05) is 60.7 Å². The molecule has 0 aliphatic heterocycles. The number of carbonyl (C=O) groups excluding carboxylic acids is 1. The number of nitrogens with two attached hydrogens (primary N) is 1. The second kappa shape index (κ2) is 6.40. The first-order valence-corrected chi connectivity index (χ1v) is 6.10. The highest BCUT2D eigenvalue weighted by molar-refractivity contribution is 5.97. The molecule has 0 radical (unpaired) electrons. The third kappa shape index (κ3) is 4.00. The summed E-state index contributed by atoms with van der Waals surface area (Å²) in [4.78, 5) is 11.4. The molecule has 0 spiro atoms. The van der Waals surface area contributed by atoms with Crippen molar-refractivity contribution in [3.8, 4) is 0 Å². The van der Waals surface area contributed by atoms with Crippen molar-refractivity contribution in [2.45, 2.75) is 0 Å². The standard InChI is InChI=1S/C16H16N2O/c17-16(19)14(11-13-7-3-1-4-8-13)12-18-15-9-5-2-6-10-15/h1-11,18H,12H2,(H2,17,19). The largest absolute Gasteiger partial charge is 0.381 e. The molecule has 0 saturated heterocycles. The van der Waals surface area contributed by atoms with Gasteiger partial charge in [-0.05, 0) is 23.8 Å². The molecule has 1 amide bonds. The molecule has 0 fully saturated rings. The molecule has 0 aliphatic carbocycles. The third-order valence-electron chi connectivity index (χ3n) is 2.71. The van der Waals surface area contributed by atoms with Crippen molar-refractivity contribution in [2.24, 2.45) is 5.73 Å². The van der Waals surface area contributed by atoms with E-state index in [0.717, 1.165) is 11.3 Å². The quantitative estimate of drug-likeness (QED) is 0.804. The predicted molar refractivity (Wildman–Crippen MR) is 78.5 cm³/mol. The number of nitrogens with one attached hydrogen (secondary N) is 1. The summed E-state index contributed by atoms with van der Waals surface area (Å²) in [5.41, 5.74) is 7.88. The van der Waals surface area contributed by atoms with Crippen molar-refractivity contribution in [1.82, 2.24) is 0 Å². The van der Waals surface area contributed by atoms with Crippen molar-refractivity contribution >= 4 is 17.7 Å². The number of para-hydroxylation sites is 1. The minimum atomic E-state index is -0.410. The molecule has 0 heterocycles. The highest BCUT2D eigenvalue weighted by Crippen LogP contribution is 2.09. The van der Waals surface area contributed by atoms with Crippen LogP contribution in [0.3, 0.4) is 0 Å². The monoisotopic (exact) mass is 252 g/mol. The summed E-state index contributed by atoms with van der Waals surface area (Å²) in [5.74, 6) is -0.410. The Morgan fingerprint density at radius 3 is 2.16 bits per heavy atom. The number of benzene rings is 2. The maximum Gasteiger partial charge on any atom is 0.246 e. The van der Waals surface area contributed by atoms with E-state index in [-0.39, 0.29) is 0 Å². The molecule has 0 aromatic heterocycles. The van der Waals surface area contributed by atoms with Gasteiger partial charge in [-0.3, -0.25) is 4.79 Å². The Morgan fingerprint density at radius 2 is 1.58 bits per heavy atom. The van der Waals surface area contributed by atoms with Crippen LogP contribution < -0.4 is 11.1 Å². The van der Waals surface area contributed by atoms with Crippen LogP contribution in [0.4, 0.5) is 5.69 Å². The fourth-order valence-electron chi connectivity index (χ4n) is 1.71. The molecule has 0 bridgehead atoms. The summed E-state index contributed by atoms with van der Waals surface area (Å²) >= 11 is 0. The van der Waals surface area contributed by atoms with Gasteiger partial charge in [0.25, 0.3) is 0 Å². The number of rotatable bonds is 5. The van der Waals surface area contributed by atoms with Gasteiger partial charge < -0.3 is 11.1 Å². The molecule has 0 atom stereocenters. The van der Waals surface area contributed by atoms with Crippen LogP contribution in [0.5, 0.6) is 0 Å². The van der Waals surface area contributed by atoms with Crippen LogP contribution in [0.15, 0.2) is 66.2 Å². The smallest absolute Gasteiger partial charge is 0.246 e. The molecule has 0 aliphatic rings. The first-order chi connectivity index (χ1) is 9.25. The lowest BCUT2D eigenvalue weighted by molar-refractivity contribution is -0.114. The molecular formula is C16H16N2O. The molecule has 3 heteroatoms. The van der Waals surface area contributed by atoms with Gasteiger partial charge in [0.1, 0.15) is 0 Å². The molecule has 19 heavy (non-hydrogen) atoms. The second-order valence-corrected chi connectivity index (χ2v) is 4.16. The first kappa shape index (κ1) is 12.9. The number of anilines is 1.